The summed E-state index contributed by atoms with van der Waals surface area (Å²) in [6.07, 6.45) is 1.50. The maximum atomic E-state index is 12.2. The van der Waals surface area contributed by atoms with Gasteiger partial charge in [0.25, 0.3) is 0 Å². The van der Waals surface area contributed by atoms with Crippen LogP contribution in [0, 0.1) is 0 Å². The number of nitrogens with one attached hydrogen (secondary N) is 1. The monoisotopic (exact) mass is 380 g/mol. The van der Waals surface area contributed by atoms with Crippen molar-refractivity contribution in [1.29, 1.82) is 0 Å². The Bertz CT molecular complexity index is 905. The average Bonchev–Trinajstić information content (AvgIpc) is 3.36. The molecule has 0 aliphatic carbocycles. The summed E-state index contributed by atoms with van der Waals surface area (Å²) in [6.45, 7) is 2.82. The van der Waals surface area contributed by atoms with Crippen molar-refractivity contribution in [2.75, 3.05) is 13.1 Å². The number of carbonyl (C=O) groups excluding carboxylic acids is 1. The van der Waals surface area contributed by atoms with Crippen molar-refractivity contribution in [3.63, 3.8) is 0 Å². The maximum absolute atomic E-state index is 12.2. The van der Waals surface area contributed by atoms with Gasteiger partial charge < -0.3 is 14.8 Å². The van der Waals surface area contributed by atoms with Crippen LogP contribution in [0.3, 0.4) is 0 Å². The van der Waals surface area contributed by atoms with E-state index in [1.165, 1.54) is 0 Å². The molecule has 146 valence electrons. The summed E-state index contributed by atoms with van der Waals surface area (Å²) in [5.41, 5.74) is 2.78. The van der Waals surface area contributed by atoms with Gasteiger partial charge in [-0.05, 0) is 23.8 Å². The van der Waals surface area contributed by atoms with E-state index in [2.05, 4.69) is 15.3 Å². The Kier molecular flexibility index (Phi) is 5.55. The number of nitrogens with zero attached hydrogens (tertiary/aromatic N) is 3. The zero-order chi connectivity index (χ0) is 19.3. The van der Waals surface area contributed by atoms with E-state index < -0.39 is 6.10 Å². The molecule has 0 radical (unpaired) electrons. The second kappa shape index (κ2) is 8.41. The quantitative estimate of drug-likeness (QED) is 0.654. The van der Waals surface area contributed by atoms with Gasteiger partial charge in [0, 0.05) is 19.5 Å². The van der Waals surface area contributed by atoms with Crippen LogP contribution in [0.15, 0.2) is 59.2 Å². The van der Waals surface area contributed by atoms with Gasteiger partial charge in [0.2, 0.25) is 5.91 Å². The predicted octanol–water partition coefficient (Wildman–Crippen LogP) is 1.88. The molecule has 1 aromatic carbocycles. The molecule has 2 aromatic heterocycles. The number of fused-ring (bicyclic) bond motifs is 1. The highest BCUT2D eigenvalue weighted by atomic mass is 16.3. The largest absolute Gasteiger partial charge is 0.467 e. The topological polar surface area (TPSA) is 83.5 Å². The minimum Gasteiger partial charge on any atom is -0.467 e. The lowest BCUT2D eigenvalue weighted by molar-refractivity contribution is -0.122. The fourth-order valence-corrected chi connectivity index (χ4v) is 3.44. The van der Waals surface area contributed by atoms with Crippen LogP contribution >= 0.6 is 0 Å². The predicted molar refractivity (Wildman–Crippen MR) is 103 cm³/mol. The fraction of sp³-hybridized carbons (Fsp3) is 0.333. The van der Waals surface area contributed by atoms with E-state index in [4.69, 9.17) is 4.42 Å². The van der Waals surface area contributed by atoms with Crippen LogP contribution in [-0.4, -0.2) is 38.8 Å². The Morgan fingerprint density at radius 3 is 2.86 bits per heavy atom. The van der Waals surface area contributed by atoms with Crippen molar-refractivity contribution >= 4 is 5.91 Å². The number of furan rings is 1. The van der Waals surface area contributed by atoms with Gasteiger partial charge in [-0.25, -0.2) is 0 Å². The van der Waals surface area contributed by atoms with Gasteiger partial charge in [-0.2, -0.15) is 5.10 Å². The Balaban J connectivity index is 1.32. The SMILES string of the molecule is O=C(CN1CCn2nc([C@@H](O)Cc3ccccc3)cc2C1)NCc1ccco1. The van der Waals surface area contributed by atoms with Crippen molar-refractivity contribution < 1.29 is 14.3 Å². The second-order valence-corrected chi connectivity index (χ2v) is 7.06. The lowest BCUT2D eigenvalue weighted by Crippen LogP contribution is -2.41. The van der Waals surface area contributed by atoms with Crippen molar-refractivity contribution in [3.05, 3.63) is 77.5 Å². The van der Waals surface area contributed by atoms with Crippen LogP contribution in [-0.2, 0) is 30.8 Å². The number of hydrogen-bond acceptors (Lipinski definition) is 5. The molecule has 1 aliphatic heterocycles. The van der Waals surface area contributed by atoms with Crippen molar-refractivity contribution in [2.45, 2.75) is 32.2 Å². The highest BCUT2D eigenvalue weighted by molar-refractivity contribution is 5.77. The third-order valence-electron chi connectivity index (χ3n) is 4.92. The molecule has 4 rings (SSSR count). The van der Waals surface area contributed by atoms with E-state index in [0.717, 1.165) is 23.6 Å². The first-order valence-corrected chi connectivity index (χ1v) is 9.47. The second-order valence-electron chi connectivity index (χ2n) is 7.06. The molecule has 1 atom stereocenters. The summed E-state index contributed by atoms with van der Waals surface area (Å²) in [4.78, 5) is 14.3. The molecule has 0 fully saturated rings. The summed E-state index contributed by atoms with van der Waals surface area (Å²) < 4.78 is 7.16. The van der Waals surface area contributed by atoms with Crippen molar-refractivity contribution in [1.82, 2.24) is 20.0 Å². The Morgan fingerprint density at radius 2 is 2.07 bits per heavy atom. The molecular formula is C21H24N4O3. The zero-order valence-corrected chi connectivity index (χ0v) is 15.6. The van der Waals surface area contributed by atoms with Crippen LogP contribution in [0.4, 0.5) is 0 Å². The first kappa shape index (κ1) is 18.5. The molecule has 7 heteroatoms. The molecule has 28 heavy (non-hydrogen) atoms. The molecule has 7 nitrogen and oxygen atoms in total. The number of hydrogen-bond donors (Lipinski definition) is 2. The third-order valence-corrected chi connectivity index (χ3v) is 4.92. The van der Waals surface area contributed by atoms with E-state index in [-0.39, 0.29) is 5.91 Å². The molecule has 0 saturated carbocycles. The average molecular weight is 380 g/mol. The number of benzene rings is 1. The van der Waals surface area contributed by atoms with Crippen LogP contribution in [0.25, 0.3) is 0 Å². The third kappa shape index (κ3) is 4.49. The molecule has 0 unspecified atom stereocenters. The number of aromatic nitrogens is 2. The highest BCUT2D eigenvalue weighted by Gasteiger charge is 2.22. The van der Waals surface area contributed by atoms with Crippen LogP contribution in [0.2, 0.25) is 0 Å². The standard InChI is InChI=1S/C21H24N4O3/c26-20(11-16-5-2-1-3-6-16)19-12-17-14-24(8-9-25(17)23-19)15-21(27)22-13-18-7-4-10-28-18/h1-7,10,12,20,26H,8-9,11,13-15H2,(H,22,27)/t20-/m0/s1. The summed E-state index contributed by atoms with van der Waals surface area (Å²) in [5.74, 6) is 0.704. The van der Waals surface area contributed by atoms with E-state index in [1.54, 1.807) is 12.3 Å². The van der Waals surface area contributed by atoms with Gasteiger partial charge in [0.1, 0.15) is 11.9 Å². The number of aliphatic hydroxyl groups excluding tert-OH is 1. The molecule has 1 amide bonds. The number of carbonyl (C=O) groups is 1. The van der Waals surface area contributed by atoms with E-state index >= 15 is 0 Å². The van der Waals surface area contributed by atoms with Crippen molar-refractivity contribution in [2.24, 2.45) is 0 Å². The minimum atomic E-state index is -0.634. The Labute approximate surface area is 163 Å². The number of aliphatic hydroxyl groups is 1. The van der Waals surface area contributed by atoms with Gasteiger partial charge in [-0.15, -0.1) is 0 Å². The Morgan fingerprint density at radius 1 is 1.21 bits per heavy atom. The lowest BCUT2D eigenvalue weighted by Gasteiger charge is -2.26. The van der Waals surface area contributed by atoms with Crippen LogP contribution in [0.5, 0.6) is 0 Å². The van der Waals surface area contributed by atoms with E-state index in [1.807, 2.05) is 47.1 Å². The molecule has 2 N–H and O–H groups in total. The summed E-state index contributed by atoms with van der Waals surface area (Å²) in [6, 6.07) is 15.5. The molecule has 3 heterocycles. The highest BCUT2D eigenvalue weighted by Crippen LogP contribution is 2.21. The van der Waals surface area contributed by atoms with Gasteiger partial charge in [-0.3, -0.25) is 14.4 Å². The van der Waals surface area contributed by atoms with Crippen molar-refractivity contribution in [3.8, 4) is 0 Å². The molecule has 0 bridgehead atoms. The van der Waals surface area contributed by atoms with Crippen LogP contribution in [0.1, 0.15) is 28.8 Å². The summed E-state index contributed by atoms with van der Waals surface area (Å²) >= 11 is 0. The Hall–Kier alpha value is -2.90. The van der Waals surface area contributed by atoms with E-state index in [0.29, 0.717) is 38.3 Å². The van der Waals surface area contributed by atoms with Crippen LogP contribution < -0.4 is 5.32 Å². The fourth-order valence-electron chi connectivity index (χ4n) is 3.44. The van der Waals surface area contributed by atoms with Gasteiger partial charge in [-0.1, -0.05) is 30.3 Å². The maximum Gasteiger partial charge on any atom is 0.234 e. The smallest absolute Gasteiger partial charge is 0.234 e. The zero-order valence-electron chi connectivity index (χ0n) is 15.6. The molecule has 1 aliphatic rings. The lowest BCUT2D eigenvalue weighted by atomic mass is 10.1. The first-order chi connectivity index (χ1) is 13.7. The molecular weight excluding hydrogens is 356 g/mol. The van der Waals surface area contributed by atoms with E-state index in [9.17, 15) is 9.90 Å². The minimum absolute atomic E-state index is 0.0336. The van der Waals surface area contributed by atoms with Gasteiger partial charge in [0.15, 0.2) is 0 Å². The van der Waals surface area contributed by atoms with Gasteiger partial charge >= 0.3 is 0 Å². The summed E-state index contributed by atoms with van der Waals surface area (Å²) in [5, 5.41) is 18.0. The number of rotatable bonds is 7. The molecule has 0 saturated heterocycles. The first-order valence-electron chi connectivity index (χ1n) is 9.47. The molecule has 0 spiro atoms. The normalized spacial score (nSPS) is 15.2. The van der Waals surface area contributed by atoms with Gasteiger partial charge in [0.05, 0.1) is 37.3 Å². The number of amides is 1. The summed E-state index contributed by atoms with van der Waals surface area (Å²) in [7, 11) is 0. The molecule has 3 aromatic rings.